The number of nitrogens with zero attached hydrogens (tertiary/aromatic N) is 3. The van der Waals surface area contributed by atoms with Crippen LogP contribution < -0.4 is 14.8 Å². The quantitative estimate of drug-likeness (QED) is 0.423. The van der Waals surface area contributed by atoms with Crippen molar-refractivity contribution in [1.82, 2.24) is 15.0 Å². The van der Waals surface area contributed by atoms with Gasteiger partial charge in [-0.05, 0) is 36.1 Å². The van der Waals surface area contributed by atoms with Gasteiger partial charge in [0.2, 0.25) is 0 Å². The highest BCUT2D eigenvalue weighted by atomic mass is 32.2. The third-order valence-electron chi connectivity index (χ3n) is 4.01. The van der Waals surface area contributed by atoms with Gasteiger partial charge in [0.15, 0.2) is 15.8 Å². The molecule has 0 atom stereocenters. The van der Waals surface area contributed by atoms with E-state index in [4.69, 9.17) is 9.47 Å². The molecule has 0 saturated heterocycles. The maximum atomic E-state index is 5.93. The summed E-state index contributed by atoms with van der Waals surface area (Å²) in [6.07, 6.45) is 3.53. The van der Waals surface area contributed by atoms with Crippen molar-refractivity contribution in [3.63, 3.8) is 0 Å². The summed E-state index contributed by atoms with van der Waals surface area (Å²) in [7, 11) is 1.66. The highest BCUT2D eigenvalue weighted by molar-refractivity contribution is 8.00. The van der Waals surface area contributed by atoms with E-state index in [1.165, 1.54) is 6.33 Å². The van der Waals surface area contributed by atoms with Crippen LogP contribution in [0.2, 0.25) is 0 Å². The molecule has 0 aliphatic carbocycles. The van der Waals surface area contributed by atoms with E-state index in [2.05, 4.69) is 20.3 Å². The predicted molar refractivity (Wildman–Crippen MR) is 114 cm³/mol. The van der Waals surface area contributed by atoms with Crippen molar-refractivity contribution in [3.05, 3.63) is 60.4 Å². The Labute approximate surface area is 171 Å². The van der Waals surface area contributed by atoms with Crippen molar-refractivity contribution in [2.24, 2.45) is 0 Å². The highest BCUT2D eigenvalue weighted by Crippen LogP contribution is 2.32. The summed E-state index contributed by atoms with van der Waals surface area (Å²) in [5.41, 5.74) is 2.68. The molecule has 2 aromatic carbocycles. The fourth-order valence-corrected chi connectivity index (χ4v) is 4.06. The number of hydrogen-bond acceptors (Lipinski definition) is 8. The molecule has 4 rings (SSSR count). The first-order chi connectivity index (χ1) is 13.7. The zero-order valence-electron chi connectivity index (χ0n) is 15.4. The number of hydrogen-bond donors (Lipinski definition) is 1. The van der Waals surface area contributed by atoms with Crippen LogP contribution in [0.4, 0.5) is 11.5 Å². The average molecular weight is 411 g/mol. The molecule has 0 aliphatic rings. The molecular weight excluding hydrogens is 392 g/mol. The molecule has 4 aromatic rings. The second-order valence-electron chi connectivity index (χ2n) is 5.85. The second kappa shape index (κ2) is 8.45. The molecule has 8 heteroatoms. The Morgan fingerprint density at radius 2 is 1.93 bits per heavy atom. The number of methoxy groups -OCH3 is 1. The first-order valence-electron chi connectivity index (χ1n) is 8.53. The Bertz CT molecular complexity index is 1080. The molecule has 0 amide bonds. The fourth-order valence-electron chi connectivity index (χ4n) is 2.60. The third kappa shape index (κ3) is 4.18. The van der Waals surface area contributed by atoms with Crippen LogP contribution in [-0.4, -0.2) is 28.3 Å². The third-order valence-corrected chi connectivity index (χ3v) is 6.04. The molecule has 2 aromatic heterocycles. The van der Waals surface area contributed by atoms with Gasteiger partial charge in [-0.1, -0.05) is 30.0 Å². The Kier molecular flexibility index (Phi) is 5.59. The summed E-state index contributed by atoms with van der Waals surface area (Å²) in [5.74, 6) is 2.36. The summed E-state index contributed by atoms with van der Waals surface area (Å²) >= 11 is 3.18. The SMILES string of the molecule is COc1ccc(COc2cccc(Nc3ncnc4nc(SC)sc34)c2)cc1. The molecule has 28 heavy (non-hydrogen) atoms. The zero-order chi connectivity index (χ0) is 19.3. The molecule has 142 valence electrons. The molecule has 1 N–H and O–H groups in total. The minimum Gasteiger partial charge on any atom is -0.497 e. The number of benzene rings is 2. The number of aromatic nitrogens is 3. The molecular formula is C20H18N4O2S2. The monoisotopic (exact) mass is 410 g/mol. The fraction of sp³-hybridized carbons (Fsp3) is 0.150. The largest absolute Gasteiger partial charge is 0.497 e. The maximum absolute atomic E-state index is 5.93. The van der Waals surface area contributed by atoms with Gasteiger partial charge in [0.1, 0.15) is 29.1 Å². The lowest BCUT2D eigenvalue weighted by molar-refractivity contribution is 0.306. The molecule has 0 saturated carbocycles. The lowest BCUT2D eigenvalue weighted by atomic mass is 10.2. The topological polar surface area (TPSA) is 69.2 Å². The molecule has 0 fully saturated rings. The Morgan fingerprint density at radius 1 is 1.07 bits per heavy atom. The lowest BCUT2D eigenvalue weighted by Crippen LogP contribution is -1.98. The number of rotatable bonds is 7. The van der Waals surface area contributed by atoms with Crippen LogP contribution in [0.5, 0.6) is 11.5 Å². The number of ether oxygens (including phenoxy) is 2. The summed E-state index contributed by atoms with van der Waals surface area (Å²) < 4.78 is 13.0. The Morgan fingerprint density at radius 3 is 2.71 bits per heavy atom. The van der Waals surface area contributed by atoms with E-state index in [0.717, 1.165) is 37.6 Å². The van der Waals surface area contributed by atoms with Crippen molar-refractivity contribution >= 4 is 45.0 Å². The van der Waals surface area contributed by atoms with E-state index in [9.17, 15) is 0 Å². The number of fused-ring (bicyclic) bond motifs is 1. The predicted octanol–water partition coefficient (Wildman–Crippen LogP) is 5.14. The minimum absolute atomic E-state index is 0.483. The van der Waals surface area contributed by atoms with Crippen LogP contribution in [-0.2, 0) is 6.61 Å². The minimum atomic E-state index is 0.483. The Hall–Kier alpha value is -2.84. The number of thioether (sulfide) groups is 1. The van der Waals surface area contributed by atoms with Crippen LogP contribution >= 0.6 is 23.1 Å². The first-order valence-corrected chi connectivity index (χ1v) is 10.6. The normalized spacial score (nSPS) is 10.8. The molecule has 0 spiro atoms. The van der Waals surface area contributed by atoms with Crippen molar-refractivity contribution in [3.8, 4) is 11.5 Å². The van der Waals surface area contributed by atoms with Crippen LogP contribution in [0.25, 0.3) is 10.3 Å². The van der Waals surface area contributed by atoms with Crippen molar-refractivity contribution < 1.29 is 9.47 Å². The van der Waals surface area contributed by atoms with Crippen molar-refractivity contribution in [2.45, 2.75) is 10.9 Å². The van der Waals surface area contributed by atoms with Crippen LogP contribution in [0.1, 0.15) is 5.56 Å². The van der Waals surface area contributed by atoms with Crippen LogP contribution in [0.15, 0.2) is 59.2 Å². The number of anilines is 2. The summed E-state index contributed by atoms with van der Waals surface area (Å²) in [6.45, 7) is 0.483. The second-order valence-corrected chi connectivity index (χ2v) is 7.90. The lowest BCUT2D eigenvalue weighted by Gasteiger charge is -2.10. The van der Waals surface area contributed by atoms with Crippen LogP contribution in [0, 0.1) is 0 Å². The molecule has 0 aliphatic heterocycles. The van der Waals surface area contributed by atoms with Gasteiger partial charge < -0.3 is 14.8 Å². The Balaban J connectivity index is 1.48. The average Bonchev–Trinajstić information content (AvgIpc) is 3.17. The summed E-state index contributed by atoms with van der Waals surface area (Å²) in [4.78, 5) is 13.1. The van der Waals surface area contributed by atoms with E-state index in [1.54, 1.807) is 30.2 Å². The van der Waals surface area contributed by atoms with Gasteiger partial charge in [-0.2, -0.15) is 0 Å². The van der Waals surface area contributed by atoms with E-state index in [-0.39, 0.29) is 0 Å². The molecule has 6 nitrogen and oxygen atoms in total. The van der Waals surface area contributed by atoms with Crippen LogP contribution in [0.3, 0.4) is 0 Å². The van der Waals surface area contributed by atoms with Gasteiger partial charge >= 0.3 is 0 Å². The van der Waals surface area contributed by atoms with E-state index >= 15 is 0 Å². The van der Waals surface area contributed by atoms with Gasteiger partial charge in [0.25, 0.3) is 0 Å². The smallest absolute Gasteiger partial charge is 0.176 e. The first kappa shape index (κ1) is 18.5. The molecule has 0 bridgehead atoms. The van der Waals surface area contributed by atoms with Gasteiger partial charge in [-0.3, -0.25) is 0 Å². The van der Waals surface area contributed by atoms with Crippen molar-refractivity contribution in [1.29, 1.82) is 0 Å². The molecule has 0 radical (unpaired) electrons. The number of nitrogens with one attached hydrogen (secondary N) is 1. The highest BCUT2D eigenvalue weighted by Gasteiger charge is 2.10. The van der Waals surface area contributed by atoms with E-state index in [0.29, 0.717) is 12.3 Å². The van der Waals surface area contributed by atoms with Gasteiger partial charge in [-0.25, -0.2) is 15.0 Å². The summed E-state index contributed by atoms with van der Waals surface area (Å²) in [5, 5.41) is 3.35. The van der Waals surface area contributed by atoms with Gasteiger partial charge in [0, 0.05) is 11.8 Å². The van der Waals surface area contributed by atoms with E-state index in [1.807, 2.05) is 54.8 Å². The van der Waals surface area contributed by atoms with Gasteiger partial charge in [0.05, 0.1) is 7.11 Å². The number of thiazole rings is 1. The maximum Gasteiger partial charge on any atom is 0.176 e. The summed E-state index contributed by atoms with van der Waals surface area (Å²) in [6, 6.07) is 15.6. The molecule has 0 unspecified atom stereocenters. The zero-order valence-corrected chi connectivity index (χ0v) is 17.0. The van der Waals surface area contributed by atoms with E-state index < -0.39 is 0 Å². The standard InChI is InChI=1S/C20H18N4O2S2/c1-25-15-8-6-13(7-9-15)11-26-16-5-3-4-14(10-16)23-18-17-19(22-12-21-18)24-20(27-2)28-17/h3-10,12H,11H2,1-2H3,(H,21,22,23). The van der Waals surface area contributed by atoms with Gasteiger partial charge in [-0.15, -0.1) is 11.3 Å². The van der Waals surface area contributed by atoms with Crippen molar-refractivity contribution in [2.75, 3.05) is 18.7 Å². The molecule has 2 heterocycles.